The first-order valence-electron chi connectivity index (χ1n) is 12.1. The molecule has 0 nitrogen and oxygen atoms in total. The van der Waals surface area contributed by atoms with Crippen molar-refractivity contribution < 1.29 is 0 Å². The highest BCUT2D eigenvalue weighted by molar-refractivity contribution is 5.86. The Hall–Kier alpha value is -3.90. The summed E-state index contributed by atoms with van der Waals surface area (Å²) in [6.07, 6.45) is 0.945. The minimum Gasteiger partial charge on any atom is -0.0622 e. The predicted molar refractivity (Wildman–Crippen MR) is 142 cm³/mol. The normalized spacial score (nSPS) is 13.4. The van der Waals surface area contributed by atoms with E-state index in [2.05, 4.69) is 135 Å². The van der Waals surface area contributed by atoms with E-state index < -0.39 is 0 Å². The second-order valence-corrected chi connectivity index (χ2v) is 9.45. The van der Waals surface area contributed by atoms with Gasteiger partial charge in [-0.2, -0.15) is 0 Å². The first-order chi connectivity index (χ1) is 16.7. The average molecular weight is 437 g/mol. The molecule has 0 amide bonds. The topological polar surface area (TPSA) is 0 Å². The van der Waals surface area contributed by atoms with Crippen LogP contribution in [0, 0.1) is 13.8 Å². The second kappa shape index (κ2) is 8.15. The maximum Gasteiger partial charge on any atom is 0.0713 e. The Morgan fingerprint density at radius 1 is 0.500 bits per heavy atom. The molecule has 34 heavy (non-hydrogen) atoms. The van der Waals surface area contributed by atoms with Gasteiger partial charge < -0.3 is 0 Å². The Balaban J connectivity index is 1.62. The molecule has 0 atom stereocenters. The Labute approximate surface area is 202 Å². The third-order valence-electron chi connectivity index (χ3n) is 7.54. The molecule has 0 unspecified atom stereocenters. The summed E-state index contributed by atoms with van der Waals surface area (Å²) in [5, 5.41) is 0. The molecular weight excluding hydrogens is 408 g/mol. The van der Waals surface area contributed by atoms with E-state index in [-0.39, 0.29) is 5.41 Å². The molecule has 0 N–H and O–H groups in total. The number of hydrogen-bond acceptors (Lipinski definition) is 0. The molecule has 1 aliphatic rings. The number of benzene rings is 5. The van der Waals surface area contributed by atoms with Crippen LogP contribution in [-0.4, -0.2) is 0 Å². The molecule has 0 saturated heterocycles. The van der Waals surface area contributed by atoms with E-state index in [1.54, 1.807) is 0 Å². The summed E-state index contributed by atoms with van der Waals surface area (Å²) in [6.45, 7) is 4.45. The number of hydrogen-bond donors (Lipinski definition) is 0. The summed E-state index contributed by atoms with van der Waals surface area (Å²) in [7, 11) is 0. The molecule has 1 aliphatic carbocycles. The molecule has 164 valence electrons. The van der Waals surface area contributed by atoms with Crippen molar-refractivity contribution in [3.05, 3.63) is 166 Å². The van der Waals surface area contributed by atoms with Crippen molar-refractivity contribution >= 4 is 0 Å². The highest BCUT2D eigenvalue weighted by atomic mass is 14.5. The monoisotopic (exact) mass is 436 g/mol. The molecule has 0 fully saturated rings. The van der Waals surface area contributed by atoms with Crippen LogP contribution in [0.4, 0.5) is 0 Å². The minimum absolute atomic E-state index is 0.328. The van der Waals surface area contributed by atoms with Gasteiger partial charge >= 0.3 is 0 Å². The lowest BCUT2D eigenvalue weighted by molar-refractivity contribution is 0.766. The van der Waals surface area contributed by atoms with E-state index in [9.17, 15) is 0 Å². The lowest BCUT2D eigenvalue weighted by atomic mass is 9.67. The molecule has 0 heterocycles. The van der Waals surface area contributed by atoms with Crippen LogP contribution in [0.3, 0.4) is 0 Å². The molecule has 0 saturated carbocycles. The van der Waals surface area contributed by atoms with Gasteiger partial charge in [-0.25, -0.2) is 0 Å². The van der Waals surface area contributed by atoms with E-state index in [0.29, 0.717) is 0 Å². The van der Waals surface area contributed by atoms with Crippen molar-refractivity contribution in [2.45, 2.75) is 25.7 Å². The largest absolute Gasteiger partial charge is 0.0713 e. The van der Waals surface area contributed by atoms with Crippen LogP contribution in [0.5, 0.6) is 0 Å². The van der Waals surface area contributed by atoms with Gasteiger partial charge in [0.25, 0.3) is 0 Å². The first kappa shape index (κ1) is 20.7. The van der Waals surface area contributed by atoms with Gasteiger partial charge in [-0.15, -0.1) is 0 Å². The van der Waals surface area contributed by atoms with E-state index >= 15 is 0 Å². The van der Waals surface area contributed by atoms with E-state index in [0.717, 1.165) is 6.42 Å². The Morgan fingerprint density at radius 3 is 1.68 bits per heavy atom. The standard InChI is InChI=1S/C34H28/c1-24-12-10-13-25(2)31(24)23-26-14-11-17-28(22-26)34(27-15-4-3-5-16-27)32-20-8-6-18-29(32)30-19-7-9-21-33(30)34/h3-22H,23H2,1-2H3. The third-order valence-corrected chi connectivity index (χ3v) is 7.54. The third kappa shape index (κ3) is 3.06. The summed E-state index contributed by atoms with van der Waals surface area (Å²) in [4.78, 5) is 0. The lowest BCUT2D eigenvalue weighted by Crippen LogP contribution is -2.28. The van der Waals surface area contributed by atoms with E-state index in [1.165, 1.54) is 55.6 Å². The van der Waals surface area contributed by atoms with Crippen LogP contribution in [0.25, 0.3) is 11.1 Å². The zero-order chi connectivity index (χ0) is 23.1. The fraction of sp³-hybridized carbons (Fsp3) is 0.118. The molecule has 0 heteroatoms. The fourth-order valence-electron chi connectivity index (χ4n) is 5.96. The average Bonchev–Trinajstić information content (AvgIpc) is 3.18. The van der Waals surface area contributed by atoms with Crippen LogP contribution in [0.15, 0.2) is 121 Å². The molecule has 5 aromatic rings. The van der Waals surface area contributed by atoms with Crippen molar-refractivity contribution in [1.82, 2.24) is 0 Å². The van der Waals surface area contributed by atoms with Gasteiger partial charge in [0.15, 0.2) is 0 Å². The van der Waals surface area contributed by atoms with Gasteiger partial charge in [0.2, 0.25) is 0 Å². The summed E-state index contributed by atoms with van der Waals surface area (Å²) < 4.78 is 0. The van der Waals surface area contributed by atoms with Gasteiger partial charge in [-0.1, -0.05) is 121 Å². The van der Waals surface area contributed by atoms with Crippen molar-refractivity contribution in [3.63, 3.8) is 0 Å². The van der Waals surface area contributed by atoms with Crippen LogP contribution in [0.1, 0.15) is 44.5 Å². The van der Waals surface area contributed by atoms with Crippen LogP contribution >= 0.6 is 0 Å². The molecule has 5 aromatic carbocycles. The molecular formula is C34H28. The molecule has 0 bridgehead atoms. The minimum atomic E-state index is -0.328. The Morgan fingerprint density at radius 2 is 1.03 bits per heavy atom. The lowest BCUT2D eigenvalue weighted by Gasteiger charge is -2.34. The van der Waals surface area contributed by atoms with Crippen LogP contribution in [0.2, 0.25) is 0 Å². The van der Waals surface area contributed by atoms with Gasteiger partial charge in [0, 0.05) is 0 Å². The first-order valence-corrected chi connectivity index (χ1v) is 12.1. The quantitative estimate of drug-likeness (QED) is 0.261. The Kier molecular flexibility index (Phi) is 4.96. The van der Waals surface area contributed by atoms with Crippen molar-refractivity contribution in [2.24, 2.45) is 0 Å². The molecule has 0 aliphatic heterocycles. The molecule has 0 spiro atoms. The van der Waals surface area contributed by atoms with Crippen molar-refractivity contribution in [3.8, 4) is 11.1 Å². The Bertz CT molecular complexity index is 1420. The van der Waals surface area contributed by atoms with Gasteiger partial charge in [-0.05, 0) is 75.9 Å². The summed E-state index contributed by atoms with van der Waals surface area (Å²) in [6, 6.07) is 44.8. The number of aryl methyl sites for hydroxylation is 2. The summed E-state index contributed by atoms with van der Waals surface area (Å²) >= 11 is 0. The summed E-state index contributed by atoms with van der Waals surface area (Å²) in [5.41, 5.74) is 13.2. The maximum absolute atomic E-state index is 2.44. The second-order valence-electron chi connectivity index (χ2n) is 9.45. The van der Waals surface area contributed by atoms with Gasteiger partial charge in [0.05, 0.1) is 5.41 Å². The predicted octanol–water partition coefficient (Wildman–Crippen LogP) is 8.26. The van der Waals surface area contributed by atoms with Crippen molar-refractivity contribution in [2.75, 3.05) is 0 Å². The zero-order valence-corrected chi connectivity index (χ0v) is 19.8. The molecule has 0 aromatic heterocycles. The number of rotatable bonds is 4. The SMILES string of the molecule is Cc1cccc(C)c1Cc1cccc(C2(c3ccccc3)c3ccccc3-c3ccccc32)c1. The maximum atomic E-state index is 2.44. The highest BCUT2D eigenvalue weighted by Gasteiger charge is 2.45. The summed E-state index contributed by atoms with van der Waals surface area (Å²) in [5.74, 6) is 0. The van der Waals surface area contributed by atoms with Crippen LogP contribution < -0.4 is 0 Å². The molecule has 6 rings (SSSR count). The van der Waals surface area contributed by atoms with E-state index in [4.69, 9.17) is 0 Å². The van der Waals surface area contributed by atoms with E-state index in [1.807, 2.05) is 0 Å². The highest BCUT2D eigenvalue weighted by Crippen LogP contribution is 2.55. The van der Waals surface area contributed by atoms with Gasteiger partial charge in [-0.3, -0.25) is 0 Å². The van der Waals surface area contributed by atoms with Crippen molar-refractivity contribution in [1.29, 1.82) is 0 Å². The molecule has 0 radical (unpaired) electrons. The fourth-order valence-corrected chi connectivity index (χ4v) is 5.96. The number of fused-ring (bicyclic) bond motifs is 3. The van der Waals surface area contributed by atoms with Crippen LogP contribution in [-0.2, 0) is 11.8 Å². The smallest absolute Gasteiger partial charge is 0.0622 e. The zero-order valence-electron chi connectivity index (χ0n) is 19.8. The van der Waals surface area contributed by atoms with Gasteiger partial charge in [0.1, 0.15) is 0 Å².